The molecule has 0 aliphatic carbocycles. The number of anilines is 1. The van der Waals surface area contributed by atoms with Crippen LogP contribution < -0.4 is 16.4 Å². The van der Waals surface area contributed by atoms with Gasteiger partial charge in [-0.2, -0.15) is 0 Å². The zero-order chi connectivity index (χ0) is 13.2. The average Bonchev–Trinajstić information content (AvgIpc) is 2.73. The molecule has 0 radical (unpaired) electrons. The largest absolute Gasteiger partial charge is 0.419 e. The number of nitrogens with zero attached hydrogens (tertiary/aromatic N) is 1. The molecule has 1 aliphatic heterocycles. The summed E-state index contributed by atoms with van der Waals surface area (Å²) < 4.78 is 6.70. The van der Waals surface area contributed by atoms with Gasteiger partial charge in [-0.3, -0.25) is 4.57 Å². The van der Waals surface area contributed by atoms with Gasteiger partial charge in [0.15, 0.2) is 5.58 Å². The Morgan fingerprint density at radius 1 is 1.53 bits per heavy atom. The van der Waals surface area contributed by atoms with E-state index in [1.807, 2.05) is 18.2 Å². The van der Waals surface area contributed by atoms with Crippen molar-refractivity contribution >= 4 is 16.8 Å². The number of nitrogens with one attached hydrogen (secondary N) is 2. The van der Waals surface area contributed by atoms with Crippen LogP contribution in [0.25, 0.3) is 11.1 Å². The van der Waals surface area contributed by atoms with Crippen molar-refractivity contribution in [1.82, 2.24) is 9.88 Å². The summed E-state index contributed by atoms with van der Waals surface area (Å²) in [6.07, 6.45) is 2.52. The molecule has 1 aliphatic rings. The summed E-state index contributed by atoms with van der Waals surface area (Å²) in [5.74, 6) is 0.357. The summed E-state index contributed by atoms with van der Waals surface area (Å²) in [7, 11) is 1.72. The van der Waals surface area contributed by atoms with Gasteiger partial charge >= 0.3 is 5.76 Å². The maximum Gasteiger partial charge on any atom is 0.419 e. The lowest BCUT2D eigenvalue weighted by Gasteiger charge is -2.23. The fourth-order valence-corrected chi connectivity index (χ4v) is 2.60. The van der Waals surface area contributed by atoms with Crippen LogP contribution >= 0.6 is 0 Å². The highest BCUT2D eigenvalue weighted by molar-refractivity contribution is 5.77. The second-order valence-corrected chi connectivity index (χ2v) is 5.20. The summed E-state index contributed by atoms with van der Waals surface area (Å²) in [6.45, 7) is 3.17. The SMILES string of the molecule is Cn1c(=O)oc2cc(NCC3CCCNC3)ccc21. The smallest absolute Gasteiger partial charge is 0.408 e. The van der Waals surface area contributed by atoms with Gasteiger partial charge in [-0.25, -0.2) is 4.79 Å². The molecule has 5 heteroatoms. The van der Waals surface area contributed by atoms with Gasteiger partial charge < -0.3 is 15.1 Å². The summed E-state index contributed by atoms with van der Waals surface area (Å²) in [5.41, 5.74) is 2.47. The number of rotatable bonds is 3. The van der Waals surface area contributed by atoms with Crippen LogP contribution in [0.2, 0.25) is 0 Å². The number of piperidine rings is 1. The van der Waals surface area contributed by atoms with Crippen LogP contribution in [-0.4, -0.2) is 24.2 Å². The standard InChI is InChI=1S/C14H19N3O2/c1-17-12-5-4-11(7-13(12)19-14(17)18)16-9-10-3-2-6-15-8-10/h4-5,7,10,15-16H,2-3,6,8-9H2,1H3. The molecule has 1 saturated heterocycles. The summed E-state index contributed by atoms with van der Waals surface area (Å²) >= 11 is 0. The van der Waals surface area contributed by atoms with Crippen molar-refractivity contribution in [3.05, 3.63) is 28.7 Å². The molecule has 1 fully saturated rings. The first-order chi connectivity index (χ1) is 9.24. The van der Waals surface area contributed by atoms with Gasteiger partial charge in [0, 0.05) is 25.3 Å². The first-order valence-electron chi connectivity index (χ1n) is 6.78. The minimum atomic E-state index is -0.316. The first kappa shape index (κ1) is 12.3. The number of hydrogen-bond acceptors (Lipinski definition) is 4. The summed E-state index contributed by atoms with van der Waals surface area (Å²) in [5, 5.41) is 6.83. The van der Waals surface area contributed by atoms with Crippen molar-refractivity contribution in [1.29, 1.82) is 0 Å². The maximum atomic E-state index is 11.4. The number of benzene rings is 1. The monoisotopic (exact) mass is 261 g/mol. The molecule has 1 unspecified atom stereocenters. The van der Waals surface area contributed by atoms with E-state index in [1.54, 1.807) is 7.05 Å². The summed E-state index contributed by atoms with van der Waals surface area (Å²) in [6, 6.07) is 5.81. The van der Waals surface area contributed by atoms with E-state index < -0.39 is 0 Å². The molecule has 2 heterocycles. The van der Waals surface area contributed by atoms with Gasteiger partial charge in [-0.1, -0.05) is 0 Å². The average molecular weight is 261 g/mol. The van der Waals surface area contributed by atoms with Gasteiger partial charge in [0.2, 0.25) is 0 Å². The Bertz CT molecular complexity index is 623. The van der Waals surface area contributed by atoms with E-state index in [1.165, 1.54) is 17.4 Å². The molecule has 2 N–H and O–H groups in total. The highest BCUT2D eigenvalue weighted by Crippen LogP contribution is 2.19. The topological polar surface area (TPSA) is 59.2 Å². The quantitative estimate of drug-likeness (QED) is 0.880. The molecular weight excluding hydrogens is 242 g/mol. The normalized spacial score (nSPS) is 19.7. The van der Waals surface area contributed by atoms with Gasteiger partial charge in [0.1, 0.15) is 0 Å². The molecule has 5 nitrogen and oxygen atoms in total. The van der Waals surface area contributed by atoms with Crippen LogP contribution in [0.4, 0.5) is 5.69 Å². The molecule has 0 spiro atoms. The number of aryl methyl sites for hydroxylation is 1. The zero-order valence-electron chi connectivity index (χ0n) is 11.1. The highest BCUT2D eigenvalue weighted by Gasteiger charge is 2.13. The van der Waals surface area contributed by atoms with Crippen LogP contribution in [0.15, 0.2) is 27.4 Å². The lowest BCUT2D eigenvalue weighted by Crippen LogP contribution is -2.33. The van der Waals surface area contributed by atoms with Crippen molar-refractivity contribution in [3.8, 4) is 0 Å². The number of oxazole rings is 1. The Morgan fingerprint density at radius 2 is 2.42 bits per heavy atom. The Hall–Kier alpha value is -1.75. The molecular formula is C14H19N3O2. The zero-order valence-corrected chi connectivity index (χ0v) is 11.1. The number of aromatic nitrogens is 1. The van der Waals surface area contributed by atoms with E-state index in [9.17, 15) is 4.79 Å². The second kappa shape index (κ2) is 5.09. The predicted octanol–water partition coefficient (Wildman–Crippen LogP) is 1.54. The van der Waals surface area contributed by atoms with E-state index in [2.05, 4.69) is 10.6 Å². The molecule has 0 saturated carbocycles. The van der Waals surface area contributed by atoms with Gasteiger partial charge in [-0.15, -0.1) is 0 Å². The Kier molecular flexibility index (Phi) is 3.29. The molecule has 19 heavy (non-hydrogen) atoms. The lowest BCUT2D eigenvalue weighted by molar-refractivity contribution is 0.393. The maximum absolute atomic E-state index is 11.4. The van der Waals surface area contributed by atoms with E-state index in [4.69, 9.17) is 4.42 Å². The van der Waals surface area contributed by atoms with Crippen LogP contribution in [0.1, 0.15) is 12.8 Å². The van der Waals surface area contributed by atoms with Gasteiger partial charge in [0.05, 0.1) is 5.52 Å². The minimum Gasteiger partial charge on any atom is -0.408 e. The van der Waals surface area contributed by atoms with Crippen molar-refractivity contribution in [2.45, 2.75) is 12.8 Å². The third-order valence-corrected chi connectivity index (χ3v) is 3.79. The van der Waals surface area contributed by atoms with Crippen LogP contribution in [0.3, 0.4) is 0 Å². The van der Waals surface area contributed by atoms with Crippen LogP contribution in [0, 0.1) is 5.92 Å². The van der Waals surface area contributed by atoms with E-state index >= 15 is 0 Å². The third kappa shape index (κ3) is 2.51. The first-order valence-corrected chi connectivity index (χ1v) is 6.78. The van der Waals surface area contributed by atoms with Gasteiger partial charge in [0.25, 0.3) is 0 Å². The van der Waals surface area contributed by atoms with Crippen LogP contribution in [-0.2, 0) is 7.05 Å². The molecule has 1 aromatic heterocycles. The predicted molar refractivity (Wildman–Crippen MR) is 75.5 cm³/mol. The Labute approximate surface area is 111 Å². The van der Waals surface area contributed by atoms with E-state index in [0.717, 1.165) is 30.8 Å². The molecule has 0 amide bonds. The molecule has 1 atom stereocenters. The molecule has 102 valence electrons. The number of fused-ring (bicyclic) bond motifs is 1. The molecule has 3 rings (SSSR count). The minimum absolute atomic E-state index is 0.316. The third-order valence-electron chi connectivity index (χ3n) is 3.79. The molecule has 1 aromatic carbocycles. The molecule has 0 bridgehead atoms. The van der Waals surface area contributed by atoms with Crippen LogP contribution in [0.5, 0.6) is 0 Å². The van der Waals surface area contributed by atoms with E-state index in [0.29, 0.717) is 11.5 Å². The number of hydrogen-bond donors (Lipinski definition) is 2. The molecule has 2 aromatic rings. The highest BCUT2D eigenvalue weighted by atomic mass is 16.4. The fraction of sp³-hybridized carbons (Fsp3) is 0.500. The lowest BCUT2D eigenvalue weighted by atomic mass is 10.00. The fourth-order valence-electron chi connectivity index (χ4n) is 2.60. The second-order valence-electron chi connectivity index (χ2n) is 5.20. The van der Waals surface area contributed by atoms with Crippen molar-refractivity contribution in [2.75, 3.05) is 25.0 Å². The van der Waals surface area contributed by atoms with Gasteiger partial charge in [-0.05, 0) is 44.0 Å². The van der Waals surface area contributed by atoms with E-state index in [-0.39, 0.29) is 5.76 Å². The van der Waals surface area contributed by atoms with Crippen molar-refractivity contribution in [2.24, 2.45) is 13.0 Å². The van der Waals surface area contributed by atoms with Crippen molar-refractivity contribution < 1.29 is 4.42 Å². The van der Waals surface area contributed by atoms with Crippen molar-refractivity contribution in [3.63, 3.8) is 0 Å². The Balaban J connectivity index is 1.72. The summed E-state index contributed by atoms with van der Waals surface area (Å²) in [4.78, 5) is 11.4. The Morgan fingerprint density at radius 3 is 3.21 bits per heavy atom.